The van der Waals surface area contributed by atoms with Gasteiger partial charge in [-0.15, -0.1) is 0 Å². The number of carbonyl (C=O) groups is 1. The fraction of sp³-hybridized carbons (Fsp3) is 0.304. The first-order valence-electron chi connectivity index (χ1n) is 10.4. The number of amidine groups is 1. The number of amides is 1. The van der Waals surface area contributed by atoms with Crippen LogP contribution in [0.5, 0.6) is 5.75 Å². The molecule has 1 amide bonds. The van der Waals surface area contributed by atoms with Crippen LogP contribution in [0.3, 0.4) is 0 Å². The molecule has 1 aliphatic heterocycles. The van der Waals surface area contributed by atoms with E-state index in [1.807, 2.05) is 38.1 Å². The third kappa shape index (κ3) is 4.41. The molecule has 0 radical (unpaired) electrons. The molecule has 3 heterocycles. The maximum atomic E-state index is 12.7. The number of fused-ring (bicyclic) bond motifs is 1. The first-order chi connectivity index (χ1) is 15.5. The Balaban J connectivity index is 1.39. The van der Waals surface area contributed by atoms with Crippen LogP contribution in [0.2, 0.25) is 0 Å². The number of aromatic nitrogens is 3. The molecule has 3 aromatic rings. The highest BCUT2D eigenvalue weighted by atomic mass is 16.6. The third-order valence-electron chi connectivity index (χ3n) is 5.33. The lowest BCUT2D eigenvalue weighted by Gasteiger charge is -2.29. The number of rotatable bonds is 6. The van der Waals surface area contributed by atoms with Gasteiger partial charge < -0.3 is 20.2 Å². The Morgan fingerprint density at radius 2 is 2.06 bits per heavy atom. The summed E-state index contributed by atoms with van der Waals surface area (Å²) in [5.41, 5.74) is 10.5. The zero-order chi connectivity index (χ0) is 22.7. The smallest absolute Gasteiger partial charge is 0.267 e. The van der Waals surface area contributed by atoms with Crippen LogP contribution in [0, 0.1) is 13.8 Å². The SMILES string of the molecule is COc1ccc2c(c1)CCCN2C(=O)CO/N=C(/N)c1ccc(-n2nc(C)cc2C)nc1. The Morgan fingerprint density at radius 3 is 2.75 bits per heavy atom. The van der Waals surface area contributed by atoms with E-state index in [2.05, 4.69) is 15.2 Å². The Kier molecular flexibility index (Phi) is 6.07. The van der Waals surface area contributed by atoms with E-state index in [9.17, 15) is 4.79 Å². The molecule has 0 unspecified atom stereocenters. The van der Waals surface area contributed by atoms with Crippen LogP contribution < -0.4 is 15.4 Å². The van der Waals surface area contributed by atoms with Crippen molar-refractivity contribution in [2.75, 3.05) is 25.2 Å². The van der Waals surface area contributed by atoms with Gasteiger partial charge >= 0.3 is 0 Å². The number of carbonyl (C=O) groups excluding carboxylic acids is 1. The quantitative estimate of drug-likeness (QED) is 0.363. The van der Waals surface area contributed by atoms with E-state index in [1.54, 1.807) is 35.0 Å². The number of nitrogens with two attached hydrogens (primary N) is 1. The minimum atomic E-state index is -0.205. The average Bonchev–Trinajstić information content (AvgIpc) is 3.15. The van der Waals surface area contributed by atoms with Crippen molar-refractivity contribution in [3.63, 3.8) is 0 Å². The van der Waals surface area contributed by atoms with Gasteiger partial charge in [-0.1, -0.05) is 5.16 Å². The number of anilines is 1. The number of aryl methyl sites for hydroxylation is 3. The highest BCUT2D eigenvalue weighted by molar-refractivity contribution is 5.97. The lowest BCUT2D eigenvalue weighted by Crippen LogP contribution is -2.37. The van der Waals surface area contributed by atoms with Gasteiger partial charge in [0.25, 0.3) is 5.91 Å². The van der Waals surface area contributed by atoms with Gasteiger partial charge in [0.05, 0.1) is 12.8 Å². The number of oxime groups is 1. The lowest BCUT2D eigenvalue weighted by molar-refractivity contribution is -0.123. The van der Waals surface area contributed by atoms with Gasteiger partial charge in [-0.05, 0) is 68.7 Å². The molecule has 0 saturated carbocycles. The fourth-order valence-corrected chi connectivity index (χ4v) is 3.77. The Morgan fingerprint density at radius 1 is 1.22 bits per heavy atom. The van der Waals surface area contributed by atoms with Crippen LogP contribution in [0.4, 0.5) is 5.69 Å². The standard InChI is InChI=1S/C23H26N6O3/c1-15-11-16(2)29(26-15)21-9-6-18(13-25-21)23(24)27-32-14-22(30)28-10-4-5-17-12-19(31-3)7-8-20(17)28/h6-9,11-13H,4-5,10,14H2,1-3H3,(H2,24,27). The van der Waals surface area contributed by atoms with Gasteiger partial charge in [0, 0.05) is 29.7 Å². The molecular weight excluding hydrogens is 408 g/mol. The van der Waals surface area contributed by atoms with Crippen LogP contribution in [-0.2, 0) is 16.1 Å². The van der Waals surface area contributed by atoms with Gasteiger partial charge in [-0.3, -0.25) is 4.79 Å². The number of hydrogen-bond donors (Lipinski definition) is 1. The topological polar surface area (TPSA) is 108 Å². The second kappa shape index (κ2) is 9.09. The van der Waals surface area contributed by atoms with Gasteiger partial charge in [0.15, 0.2) is 18.3 Å². The number of ether oxygens (including phenoxy) is 1. The summed E-state index contributed by atoms with van der Waals surface area (Å²) in [5.74, 6) is 1.44. The number of nitrogens with zero attached hydrogens (tertiary/aromatic N) is 5. The van der Waals surface area contributed by atoms with Crippen molar-refractivity contribution in [3.05, 3.63) is 65.1 Å². The Bertz CT molecular complexity index is 1150. The molecular formula is C23H26N6O3. The van der Waals surface area contributed by atoms with E-state index in [1.165, 1.54) is 0 Å². The average molecular weight is 435 g/mol. The van der Waals surface area contributed by atoms with Crippen molar-refractivity contribution in [1.29, 1.82) is 0 Å². The molecule has 0 saturated heterocycles. The molecule has 0 spiro atoms. The predicted octanol–water partition coefficient (Wildman–Crippen LogP) is 2.51. The van der Waals surface area contributed by atoms with Crippen molar-refractivity contribution in [1.82, 2.24) is 14.8 Å². The summed E-state index contributed by atoms with van der Waals surface area (Å²) < 4.78 is 7.04. The molecule has 9 nitrogen and oxygen atoms in total. The maximum absolute atomic E-state index is 12.7. The zero-order valence-electron chi connectivity index (χ0n) is 18.4. The molecule has 0 atom stereocenters. The summed E-state index contributed by atoms with van der Waals surface area (Å²) in [4.78, 5) is 24.1. The molecule has 166 valence electrons. The molecule has 4 rings (SSSR count). The summed E-state index contributed by atoms with van der Waals surface area (Å²) in [6.45, 7) is 4.33. The van der Waals surface area contributed by atoms with Crippen molar-refractivity contribution >= 4 is 17.4 Å². The molecule has 2 N–H and O–H groups in total. The van der Waals surface area contributed by atoms with E-state index in [0.29, 0.717) is 17.9 Å². The monoisotopic (exact) mass is 434 g/mol. The van der Waals surface area contributed by atoms with E-state index in [-0.39, 0.29) is 18.3 Å². The maximum Gasteiger partial charge on any atom is 0.267 e. The van der Waals surface area contributed by atoms with Gasteiger partial charge in [-0.25, -0.2) is 9.67 Å². The van der Waals surface area contributed by atoms with Crippen molar-refractivity contribution in [2.45, 2.75) is 26.7 Å². The van der Waals surface area contributed by atoms with E-state index in [0.717, 1.165) is 41.2 Å². The lowest BCUT2D eigenvalue weighted by atomic mass is 10.0. The van der Waals surface area contributed by atoms with Crippen LogP contribution in [0.1, 0.15) is 28.9 Å². The molecule has 32 heavy (non-hydrogen) atoms. The summed E-state index contributed by atoms with van der Waals surface area (Å²) in [6.07, 6.45) is 3.39. The molecule has 0 fully saturated rings. The molecule has 1 aliphatic rings. The summed E-state index contributed by atoms with van der Waals surface area (Å²) in [6, 6.07) is 11.3. The normalized spacial score (nSPS) is 13.6. The number of hydrogen-bond acceptors (Lipinski definition) is 6. The van der Waals surface area contributed by atoms with Crippen molar-refractivity contribution in [3.8, 4) is 11.6 Å². The van der Waals surface area contributed by atoms with Crippen LogP contribution in [0.25, 0.3) is 5.82 Å². The number of pyridine rings is 1. The van der Waals surface area contributed by atoms with Crippen LogP contribution in [0.15, 0.2) is 47.8 Å². The number of benzene rings is 1. The van der Waals surface area contributed by atoms with Crippen molar-refractivity contribution < 1.29 is 14.4 Å². The van der Waals surface area contributed by atoms with Gasteiger partial charge in [-0.2, -0.15) is 5.10 Å². The predicted molar refractivity (Wildman–Crippen MR) is 121 cm³/mol. The molecule has 9 heteroatoms. The highest BCUT2D eigenvalue weighted by Gasteiger charge is 2.23. The molecule has 2 aromatic heterocycles. The van der Waals surface area contributed by atoms with Crippen LogP contribution in [-0.4, -0.2) is 46.8 Å². The van der Waals surface area contributed by atoms with E-state index < -0.39 is 0 Å². The Hall–Kier alpha value is -3.88. The Labute approximate surface area is 186 Å². The summed E-state index contributed by atoms with van der Waals surface area (Å²) in [5, 5.41) is 8.31. The summed E-state index contributed by atoms with van der Waals surface area (Å²) in [7, 11) is 1.63. The minimum absolute atomic E-state index is 0.147. The second-order valence-corrected chi connectivity index (χ2v) is 7.64. The third-order valence-corrected chi connectivity index (χ3v) is 5.33. The largest absolute Gasteiger partial charge is 0.497 e. The minimum Gasteiger partial charge on any atom is -0.497 e. The number of methoxy groups -OCH3 is 1. The molecule has 0 bridgehead atoms. The molecule has 1 aromatic carbocycles. The van der Waals surface area contributed by atoms with Crippen molar-refractivity contribution in [2.24, 2.45) is 10.9 Å². The highest BCUT2D eigenvalue weighted by Crippen LogP contribution is 2.30. The summed E-state index contributed by atoms with van der Waals surface area (Å²) >= 11 is 0. The second-order valence-electron chi connectivity index (χ2n) is 7.64. The van der Waals surface area contributed by atoms with Crippen LogP contribution >= 0.6 is 0 Å². The first-order valence-corrected chi connectivity index (χ1v) is 10.4. The van der Waals surface area contributed by atoms with Gasteiger partial charge in [0.2, 0.25) is 0 Å². The zero-order valence-corrected chi connectivity index (χ0v) is 18.4. The molecule has 0 aliphatic carbocycles. The van der Waals surface area contributed by atoms with Gasteiger partial charge in [0.1, 0.15) is 5.75 Å². The van der Waals surface area contributed by atoms with E-state index in [4.69, 9.17) is 15.3 Å². The fourth-order valence-electron chi connectivity index (χ4n) is 3.77. The first kappa shape index (κ1) is 21.4. The van der Waals surface area contributed by atoms with E-state index >= 15 is 0 Å².